The van der Waals surface area contributed by atoms with E-state index in [1.54, 1.807) is 41.3 Å². The van der Waals surface area contributed by atoms with E-state index in [-0.39, 0.29) is 23.6 Å². The van der Waals surface area contributed by atoms with E-state index >= 15 is 0 Å². The third-order valence-corrected chi connectivity index (χ3v) is 8.21. The van der Waals surface area contributed by atoms with Gasteiger partial charge in [-0.3, -0.25) is 9.20 Å². The summed E-state index contributed by atoms with van der Waals surface area (Å²) in [6.45, 7) is 8.64. The van der Waals surface area contributed by atoms with Gasteiger partial charge in [0.25, 0.3) is 5.91 Å². The van der Waals surface area contributed by atoms with Crippen LogP contribution in [0.15, 0.2) is 36.9 Å². The molecule has 0 radical (unpaired) electrons. The van der Waals surface area contributed by atoms with Crippen LogP contribution in [-0.4, -0.2) is 52.7 Å². The number of phenolic OH excluding ortho intramolecular Hbond substituents is 1. The Labute approximate surface area is 207 Å². The number of phenols is 1. The summed E-state index contributed by atoms with van der Waals surface area (Å²) in [5.74, 6) is 0.663. The van der Waals surface area contributed by atoms with Gasteiger partial charge in [0, 0.05) is 59.8 Å². The molecule has 4 rings (SSSR count). The van der Waals surface area contributed by atoms with E-state index < -0.39 is 16.1 Å². The summed E-state index contributed by atoms with van der Waals surface area (Å²) < 4.78 is 17.5. The molecule has 3 aromatic rings. The molecule has 0 bridgehead atoms. The van der Waals surface area contributed by atoms with Crippen molar-refractivity contribution in [2.24, 2.45) is 5.92 Å². The Morgan fingerprint density at radius 2 is 2.00 bits per heavy atom. The molecule has 2 atom stereocenters. The van der Waals surface area contributed by atoms with Crippen molar-refractivity contribution in [3.05, 3.63) is 58.6 Å². The van der Waals surface area contributed by atoms with Crippen LogP contribution in [0.25, 0.3) is 5.78 Å². The molecule has 1 amide bonds. The summed E-state index contributed by atoms with van der Waals surface area (Å²) in [7, 11) is 0. The molecule has 10 heteroatoms. The molecule has 0 saturated carbocycles. The number of halogens is 1. The number of nitrogens with zero attached hydrogens (tertiary/aromatic N) is 4. The van der Waals surface area contributed by atoms with Gasteiger partial charge in [-0.1, -0.05) is 11.6 Å². The molecule has 8 nitrogen and oxygen atoms in total. The van der Waals surface area contributed by atoms with Gasteiger partial charge in [-0.2, -0.15) is 0 Å². The monoisotopic (exact) mass is 503 g/mol. The highest BCUT2D eigenvalue weighted by Crippen LogP contribution is 2.39. The number of hydrogen-bond acceptors (Lipinski definition) is 6. The molecule has 3 heterocycles. The Kier molecular flexibility index (Phi) is 7.09. The number of piperidine rings is 1. The number of aromatic nitrogens is 3. The van der Waals surface area contributed by atoms with Gasteiger partial charge in [0.1, 0.15) is 10.5 Å². The predicted molar refractivity (Wildman–Crippen MR) is 133 cm³/mol. The van der Waals surface area contributed by atoms with Crippen LogP contribution in [0.5, 0.6) is 5.75 Å². The van der Waals surface area contributed by atoms with E-state index in [0.717, 1.165) is 5.56 Å². The molecule has 182 valence electrons. The van der Waals surface area contributed by atoms with Crippen molar-refractivity contribution >= 4 is 34.6 Å². The van der Waals surface area contributed by atoms with E-state index in [1.807, 2.05) is 32.6 Å². The summed E-state index contributed by atoms with van der Waals surface area (Å²) in [6.07, 6.45) is 8.08. The number of aryl methyl sites for hydroxylation is 1. The first-order valence-electron chi connectivity index (χ1n) is 11.3. The molecule has 1 aromatic carbocycles. The molecule has 1 aliphatic heterocycles. The fourth-order valence-corrected chi connectivity index (χ4v) is 5.26. The second-order valence-electron chi connectivity index (χ2n) is 9.74. The zero-order valence-electron chi connectivity index (χ0n) is 19.8. The third-order valence-electron chi connectivity index (χ3n) is 6.22. The van der Waals surface area contributed by atoms with E-state index in [4.69, 9.17) is 11.6 Å². The van der Waals surface area contributed by atoms with Crippen LogP contribution in [0.2, 0.25) is 5.02 Å². The minimum absolute atomic E-state index is 0.0641. The van der Waals surface area contributed by atoms with Crippen LogP contribution >= 0.6 is 11.6 Å². The second-order valence-corrected chi connectivity index (χ2v) is 12.1. The topological polar surface area (TPSA) is 106 Å². The molecule has 1 saturated heterocycles. The first-order valence-corrected chi connectivity index (χ1v) is 12.8. The number of hydrogen-bond donors (Lipinski definition) is 2. The highest BCUT2D eigenvalue weighted by molar-refractivity contribution is 7.90. The number of imidazole rings is 1. The van der Waals surface area contributed by atoms with E-state index in [1.165, 1.54) is 0 Å². The molecule has 0 spiro atoms. The summed E-state index contributed by atoms with van der Waals surface area (Å²) in [4.78, 5) is 23.3. The van der Waals surface area contributed by atoms with Crippen LogP contribution in [0.1, 0.15) is 61.1 Å². The quantitative estimate of drug-likeness (QED) is 0.509. The predicted octanol–water partition coefficient (Wildman–Crippen LogP) is 4.04. The van der Waals surface area contributed by atoms with Gasteiger partial charge in [0.2, 0.25) is 5.78 Å². The number of aromatic hydroxyl groups is 1. The zero-order chi connectivity index (χ0) is 24.6. The lowest BCUT2D eigenvalue weighted by atomic mass is 9.85. The number of likely N-dealkylation sites (tertiary alicyclic amines) is 1. The lowest BCUT2D eigenvalue weighted by Gasteiger charge is -2.38. The Morgan fingerprint density at radius 3 is 2.68 bits per heavy atom. The Morgan fingerprint density at radius 1 is 1.29 bits per heavy atom. The normalized spacial score (nSPS) is 17.2. The fourth-order valence-electron chi connectivity index (χ4n) is 4.18. The van der Waals surface area contributed by atoms with E-state index in [9.17, 15) is 14.5 Å². The molecule has 2 unspecified atom stereocenters. The van der Waals surface area contributed by atoms with Crippen molar-refractivity contribution in [3.63, 3.8) is 0 Å². The van der Waals surface area contributed by atoms with Crippen LogP contribution in [-0.2, 0) is 11.4 Å². The number of benzene rings is 1. The molecule has 0 aliphatic carbocycles. The zero-order valence-corrected chi connectivity index (χ0v) is 21.4. The van der Waals surface area contributed by atoms with Gasteiger partial charge in [0.15, 0.2) is 0 Å². The number of rotatable bonds is 5. The Hall–Kier alpha value is -2.33. The Balaban J connectivity index is 1.53. The number of carbonyl (C=O) groups excluding carboxylic acids is 1. The first kappa shape index (κ1) is 24.8. The fraction of sp³-hybridized carbons (Fsp3) is 0.458. The standard InChI is InChI=1S/C24H30ClN5O3S/c1-15-11-20(31)18(12-19(15)25)21(28-34(33)24(2,3)4)16-5-8-29(9-6-16)22(32)17-13-27-23-26-7-10-30(23)14-17/h7,10-14,16,21,28,31H,5-6,8-9H2,1-4H3. The highest BCUT2D eigenvalue weighted by Gasteiger charge is 2.37. The van der Waals surface area contributed by atoms with E-state index in [0.29, 0.717) is 47.9 Å². The first-order chi connectivity index (χ1) is 16.0. The SMILES string of the molecule is Cc1cc(O)c(C(N[S+]([O-])C(C)(C)C)C2CCN(C(=O)c3cnc4nccn4c3)CC2)cc1Cl. The lowest BCUT2D eigenvalue weighted by molar-refractivity contribution is 0.0673. The smallest absolute Gasteiger partial charge is 0.256 e. The van der Waals surface area contributed by atoms with Crippen LogP contribution in [0.4, 0.5) is 0 Å². The molecule has 2 aromatic heterocycles. The largest absolute Gasteiger partial charge is 0.598 e. The molecule has 2 N–H and O–H groups in total. The lowest BCUT2D eigenvalue weighted by Crippen LogP contribution is -2.46. The van der Waals surface area contributed by atoms with Gasteiger partial charge >= 0.3 is 0 Å². The van der Waals surface area contributed by atoms with Crippen molar-refractivity contribution in [1.82, 2.24) is 24.0 Å². The van der Waals surface area contributed by atoms with Crippen molar-refractivity contribution in [2.45, 2.75) is 51.3 Å². The number of carbonyl (C=O) groups is 1. The van der Waals surface area contributed by atoms with Crippen molar-refractivity contribution in [3.8, 4) is 5.75 Å². The summed E-state index contributed by atoms with van der Waals surface area (Å²) in [5.41, 5.74) is 1.92. The van der Waals surface area contributed by atoms with Gasteiger partial charge in [-0.05, 0) is 64.2 Å². The average Bonchev–Trinajstić information content (AvgIpc) is 3.27. The van der Waals surface area contributed by atoms with Gasteiger partial charge in [0.05, 0.1) is 11.6 Å². The Bertz CT molecular complexity index is 1190. The van der Waals surface area contributed by atoms with Crippen molar-refractivity contribution < 1.29 is 14.5 Å². The van der Waals surface area contributed by atoms with Crippen LogP contribution in [0, 0.1) is 12.8 Å². The highest BCUT2D eigenvalue weighted by atomic mass is 35.5. The maximum Gasteiger partial charge on any atom is 0.256 e. The molecular weight excluding hydrogens is 474 g/mol. The van der Waals surface area contributed by atoms with Crippen molar-refractivity contribution in [1.29, 1.82) is 0 Å². The number of amides is 1. The number of nitrogens with one attached hydrogen (secondary N) is 1. The summed E-state index contributed by atoms with van der Waals surface area (Å²) in [5, 5.41) is 11.3. The molecule has 34 heavy (non-hydrogen) atoms. The van der Waals surface area contributed by atoms with Gasteiger partial charge in [-0.25, -0.2) is 9.97 Å². The molecule has 1 aliphatic rings. The molecular formula is C24H30ClN5O3S. The van der Waals surface area contributed by atoms with Crippen LogP contribution < -0.4 is 4.72 Å². The minimum Gasteiger partial charge on any atom is -0.598 e. The summed E-state index contributed by atoms with van der Waals surface area (Å²) >= 11 is 5.03. The molecule has 1 fully saturated rings. The van der Waals surface area contributed by atoms with Crippen LogP contribution in [0.3, 0.4) is 0 Å². The van der Waals surface area contributed by atoms with Gasteiger partial charge in [-0.15, -0.1) is 4.72 Å². The van der Waals surface area contributed by atoms with E-state index in [2.05, 4.69) is 14.7 Å². The second kappa shape index (κ2) is 9.73. The summed E-state index contributed by atoms with van der Waals surface area (Å²) in [6, 6.07) is 3.04. The third kappa shape index (κ3) is 5.17. The number of fused-ring (bicyclic) bond motifs is 1. The minimum atomic E-state index is -1.35. The maximum absolute atomic E-state index is 13.1. The van der Waals surface area contributed by atoms with Gasteiger partial charge < -0.3 is 14.6 Å². The average molecular weight is 504 g/mol. The maximum atomic E-state index is 13.1. The van der Waals surface area contributed by atoms with Crippen molar-refractivity contribution in [2.75, 3.05) is 13.1 Å².